The Kier molecular flexibility index (Phi) is 8.04. The van der Waals surface area contributed by atoms with E-state index in [-0.39, 0.29) is 0 Å². The summed E-state index contributed by atoms with van der Waals surface area (Å²) in [7, 11) is 0. The van der Waals surface area contributed by atoms with Crippen LogP contribution in [0.25, 0.3) is 106 Å². The lowest BCUT2D eigenvalue weighted by Crippen LogP contribution is -2.06. The maximum atomic E-state index is 6.25. The molecule has 8 aromatic carbocycles. The normalized spacial score (nSPS) is 11.4. The molecule has 0 aliphatic rings. The van der Waals surface area contributed by atoms with Gasteiger partial charge in [0.05, 0.1) is 11.0 Å². The number of para-hydroxylation sites is 2. The van der Waals surface area contributed by atoms with Crippen LogP contribution in [0.5, 0.6) is 0 Å². The third-order valence-electron chi connectivity index (χ3n) is 10.7. The monoisotopic (exact) mass is 743 g/mol. The van der Waals surface area contributed by atoms with Gasteiger partial charge in [-0.05, 0) is 64.2 Å². The number of rotatable bonds is 7. The van der Waals surface area contributed by atoms with Gasteiger partial charge in [-0.1, -0.05) is 164 Å². The molecule has 0 N–H and O–H groups in total. The van der Waals surface area contributed by atoms with Crippen molar-refractivity contribution in [3.63, 3.8) is 0 Å². The Labute approximate surface area is 334 Å². The smallest absolute Gasteiger partial charge is 0.238 e. The first-order valence-electron chi connectivity index (χ1n) is 19.3. The van der Waals surface area contributed by atoms with Gasteiger partial charge in [-0.2, -0.15) is 9.97 Å². The lowest BCUT2D eigenvalue weighted by atomic mass is 9.99. The average Bonchev–Trinajstić information content (AvgIpc) is 3.90. The van der Waals surface area contributed by atoms with Crippen molar-refractivity contribution in [2.24, 2.45) is 0 Å². The summed E-state index contributed by atoms with van der Waals surface area (Å²) in [6.07, 6.45) is 0. The summed E-state index contributed by atoms with van der Waals surface area (Å²) in [5.41, 5.74) is 12.8. The van der Waals surface area contributed by atoms with Crippen molar-refractivity contribution >= 4 is 32.9 Å². The van der Waals surface area contributed by atoms with Gasteiger partial charge in [0.2, 0.25) is 11.8 Å². The molecule has 0 spiro atoms. The predicted octanol–water partition coefficient (Wildman–Crippen LogP) is 13.1. The molecule has 3 heterocycles. The van der Waals surface area contributed by atoms with Crippen molar-refractivity contribution in [2.45, 2.75) is 0 Å². The summed E-state index contributed by atoms with van der Waals surface area (Å²) in [6.45, 7) is 0. The highest BCUT2D eigenvalue weighted by molar-refractivity contribution is 6.15. The Hall–Kier alpha value is -7.96. The van der Waals surface area contributed by atoms with E-state index in [0.29, 0.717) is 23.5 Å². The molecule has 0 saturated heterocycles. The second kappa shape index (κ2) is 14.0. The minimum absolute atomic E-state index is 0.542. The lowest BCUT2D eigenvalue weighted by Gasteiger charge is -2.12. The molecule has 0 aliphatic heterocycles. The van der Waals surface area contributed by atoms with E-state index in [0.717, 1.165) is 83.0 Å². The van der Waals surface area contributed by atoms with E-state index < -0.39 is 0 Å². The Balaban J connectivity index is 1.10. The minimum Gasteiger partial charge on any atom is -0.436 e. The summed E-state index contributed by atoms with van der Waals surface area (Å²) in [5, 5.41) is 2.28. The quantitative estimate of drug-likeness (QED) is 0.163. The summed E-state index contributed by atoms with van der Waals surface area (Å²) in [6, 6.07) is 68.7. The van der Waals surface area contributed by atoms with E-state index in [1.165, 1.54) is 0 Å². The highest BCUT2D eigenvalue weighted by Crippen LogP contribution is 2.39. The average molecular weight is 744 g/mol. The van der Waals surface area contributed by atoms with E-state index in [1.807, 2.05) is 54.6 Å². The molecular weight excluding hydrogens is 711 g/mol. The molecule has 0 bridgehead atoms. The van der Waals surface area contributed by atoms with Crippen molar-refractivity contribution in [3.8, 4) is 73.6 Å². The Morgan fingerprint density at radius 1 is 0.362 bits per heavy atom. The number of hydrogen-bond donors (Lipinski definition) is 0. The van der Waals surface area contributed by atoms with Crippen LogP contribution in [0.2, 0.25) is 0 Å². The Morgan fingerprint density at radius 2 is 0.914 bits per heavy atom. The van der Waals surface area contributed by atoms with E-state index in [2.05, 4.69) is 150 Å². The van der Waals surface area contributed by atoms with E-state index >= 15 is 0 Å². The molecule has 0 saturated carbocycles. The Bertz CT molecular complexity index is 3260. The molecule has 0 unspecified atom stereocenters. The van der Waals surface area contributed by atoms with Crippen LogP contribution in [0.3, 0.4) is 0 Å². The van der Waals surface area contributed by atoms with Gasteiger partial charge in [0.1, 0.15) is 5.52 Å². The molecule has 0 fully saturated rings. The molecule has 11 aromatic rings. The van der Waals surface area contributed by atoms with Gasteiger partial charge in [-0.15, -0.1) is 0 Å². The first-order chi connectivity index (χ1) is 28.7. The van der Waals surface area contributed by atoms with E-state index in [9.17, 15) is 0 Å². The number of benzene rings is 8. The zero-order valence-electron chi connectivity index (χ0n) is 31.2. The van der Waals surface area contributed by atoms with Gasteiger partial charge < -0.3 is 4.42 Å². The number of nitrogens with zero attached hydrogens (tertiary/aromatic N) is 5. The standard InChI is InChI=1S/C52H33N5O/c1-4-15-34(16-5-1)35-29-31-37(32-30-35)49-54-50(40-22-12-21-39(33-40)42-25-14-28-46-48(42)53-51(58-46)38-19-8-3-9-20-38)56-52(55-49)57-44-26-11-10-23-43(44)47-41(24-13-27-45(47)57)36-17-6-2-7-18-36/h1-33H. The fraction of sp³-hybridized carbons (Fsp3) is 0. The largest absolute Gasteiger partial charge is 0.436 e. The fourth-order valence-electron chi connectivity index (χ4n) is 7.97. The molecule has 0 atom stereocenters. The van der Waals surface area contributed by atoms with Crippen molar-refractivity contribution in [1.82, 2.24) is 24.5 Å². The molecule has 58 heavy (non-hydrogen) atoms. The summed E-state index contributed by atoms with van der Waals surface area (Å²) in [5.74, 6) is 2.28. The minimum atomic E-state index is 0.542. The molecule has 6 nitrogen and oxygen atoms in total. The first kappa shape index (κ1) is 33.4. The zero-order valence-corrected chi connectivity index (χ0v) is 31.2. The molecule has 0 amide bonds. The summed E-state index contributed by atoms with van der Waals surface area (Å²) in [4.78, 5) is 20.7. The molecule has 272 valence electrons. The van der Waals surface area contributed by atoms with Gasteiger partial charge in [0.25, 0.3) is 0 Å². The van der Waals surface area contributed by atoms with Crippen molar-refractivity contribution in [2.75, 3.05) is 0 Å². The molecule has 3 aromatic heterocycles. The third kappa shape index (κ3) is 5.83. The van der Waals surface area contributed by atoms with Crippen LogP contribution in [0.1, 0.15) is 0 Å². The van der Waals surface area contributed by atoms with Crippen molar-refractivity contribution < 1.29 is 4.42 Å². The second-order valence-corrected chi connectivity index (χ2v) is 14.3. The van der Waals surface area contributed by atoms with Crippen molar-refractivity contribution in [3.05, 3.63) is 200 Å². The zero-order chi connectivity index (χ0) is 38.4. The number of oxazole rings is 1. The van der Waals surface area contributed by atoms with Gasteiger partial charge in [-0.25, -0.2) is 9.97 Å². The van der Waals surface area contributed by atoms with Crippen LogP contribution in [0.15, 0.2) is 205 Å². The first-order valence-corrected chi connectivity index (χ1v) is 19.3. The fourth-order valence-corrected chi connectivity index (χ4v) is 7.97. The van der Waals surface area contributed by atoms with Crippen LogP contribution >= 0.6 is 0 Å². The number of hydrogen-bond acceptors (Lipinski definition) is 5. The highest BCUT2D eigenvalue weighted by atomic mass is 16.3. The van der Waals surface area contributed by atoms with Gasteiger partial charge in [0, 0.05) is 33.0 Å². The van der Waals surface area contributed by atoms with Gasteiger partial charge in [-0.3, -0.25) is 4.57 Å². The number of fused-ring (bicyclic) bond motifs is 4. The predicted molar refractivity (Wildman–Crippen MR) is 234 cm³/mol. The maximum Gasteiger partial charge on any atom is 0.238 e. The molecule has 0 radical (unpaired) electrons. The molecule has 6 heteroatoms. The molecule has 11 rings (SSSR count). The lowest BCUT2D eigenvalue weighted by molar-refractivity contribution is 0.620. The third-order valence-corrected chi connectivity index (χ3v) is 10.7. The van der Waals surface area contributed by atoms with Crippen LogP contribution < -0.4 is 0 Å². The topological polar surface area (TPSA) is 69.6 Å². The van der Waals surface area contributed by atoms with Gasteiger partial charge >= 0.3 is 0 Å². The van der Waals surface area contributed by atoms with Crippen LogP contribution in [0, 0.1) is 0 Å². The van der Waals surface area contributed by atoms with Crippen LogP contribution in [0.4, 0.5) is 0 Å². The summed E-state index contributed by atoms with van der Waals surface area (Å²) >= 11 is 0. The van der Waals surface area contributed by atoms with Crippen molar-refractivity contribution in [1.29, 1.82) is 0 Å². The second-order valence-electron chi connectivity index (χ2n) is 14.3. The number of aromatic nitrogens is 5. The maximum absolute atomic E-state index is 6.25. The van der Waals surface area contributed by atoms with Crippen LogP contribution in [-0.2, 0) is 0 Å². The summed E-state index contributed by atoms with van der Waals surface area (Å²) < 4.78 is 8.43. The van der Waals surface area contributed by atoms with Crippen LogP contribution in [-0.4, -0.2) is 24.5 Å². The van der Waals surface area contributed by atoms with E-state index in [1.54, 1.807) is 0 Å². The van der Waals surface area contributed by atoms with Gasteiger partial charge in [0.15, 0.2) is 17.2 Å². The SMILES string of the molecule is c1ccc(-c2ccc(-c3nc(-c4cccc(-c5cccc6oc(-c7ccccc7)nc56)c4)nc(-n4c5ccccc5c5c(-c6ccccc6)cccc54)n3)cc2)cc1. The molecular formula is C52H33N5O. The Morgan fingerprint density at radius 3 is 1.69 bits per heavy atom. The highest BCUT2D eigenvalue weighted by Gasteiger charge is 2.21. The van der Waals surface area contributed by atoms with E-state index in [4.69, 9.17) is 24.4 Å². The molecule has 0 aliphatic carbocycles.